The maximum absolute atomic E-state index is 13.8. The van der Waals surface area contributed by atoms with E-state index in [1.54, 1.807) is 0 Å². The average molecular weight is 373 g/mol. The molecule has 0 unspecified atom stereocenters. The maximum Gasteiger partial charge on any atom is 0.338 e. The molecular weight excluding hydrogens is 365 g/mol. The lowest BCUT2D eigenvalue weighted by Crippen LogP contribution is -2.26. The van der Waals surface area contributed by atoms with Gasteiger partial charge in [0.1, 0.15) is 4.90 Å². The minimum absolute atomic E-state index is 0.0115. The monoisotopic (exact) mass is 371 g/mol. The van der Waals surface area contributed by atoms with Crippen molar-refractivity contribution in [3.05, 3.63) is 39.6 Å². The summed E-state index contributed by atoms with van der Waals surface area (Å²) in [6.45, 7) is 2.99. The highest BCUT2D eigenvalue weighted by molar-refractivity contribution is 9.10. The van der Waals surface area contributed by atoms with Crippen LogP contribution in [0.25, 0.3) is 0 Å². The van der Waals surface area contributed by atoms with Gasteiger partial charge in [-0.05, 0) is 12.1 Å². The molecule has 0 amide bonds. The van der Waals surface area contributed by atoms with Crippen LogP contribution in [0.3, 0.4) is 0 Å². The molecule has 0 spiro atoms. The van der Waals surface area contributed by atoms with E-state index >= 15 is 0 Å². The Morgan fingerprint density at radius 3 is 2.58 bits per heavy atom. The van der Waals surface area contributed by atoms with Crippen LogP contribution in [0.2, 0.25) is 0 Å². The van der Waals surface area contributed by atoms with Crippen molar-refractivity contribution < 1.29 is 22.7 Å². The fourth-order valence-electron chi connectivity index (χ4n) is 1.17. The van der Waals surface area contributed by atoms with Crippen molar-refractivity contribution in [1.82, 2.24) is 4.72 Å². The smallest absolute Gasteiger partial charge is 0.338 e. The van der Waals surface area contributed by atoms with Gasteiger partial charge in [0.25, 0.3) is 0 Å². The van der Waals surface area contributed by atoms with Crippen LogP contribution in [0.4, 0.5) is 4.39 Å². The molecule has 0 heterocycles. The fraction of sp³-hybridized carbons (Fsp3) is 0.100. The molecule has 0 radical (unpaired) electrons. The van der Waals surface area contributed by atoms with Gasteiger partial charge in [0.15, 0.2) is 5.82 Å². The molecular formula is C10H8BrClFNO4S. The van der Waals surface area contributed by atoms with E-state index in [0.29, 0.717) is 0 Å². The Kier molecular flexibility index (Phi) is 5.08. The van der Waals surface area contributed by atoms with Gasteiger partial charge in [0.2, 0.25) is 10.0 Å². The predicted molar refractivity (Wildman–Crippen MR) is 71.2 cm³/mol. The molecule has 0 bridgehead atoms. The molecule has 2 N–H and O–H groups in total. The summed E-state index contributed by atoms with van der Waals surface area (Å²) in [4.78, 5) is 10.0. The highest BCUT2D eigenvalue weighted by Gasteiger charge is 2.24. The maximum atomic E-state index is 13.8. The minimum Gasteiger partial charge on any atom is -0.478 e. The Hall–Kier alpha value is -0.960. The van der Waals surface area contributed by atoms with Crippen LogP contribution in [0.1, 0.15) is 10.4 Å². The quantitative estimate of drug-likeness (QED) is 0.831. The third-order valence-corrected chi connectivity index (χ3v) is 3.97. The Labute approximate surface area is 122 Å². The molecule has 0 saturated heterocycles. The molecule has 0 aliphatic heterocycles. The SMILES string of the molecule is C=C(Cl)CNS(=O)(=O)c1cc(Br)cc(C(=O)O)c1F. The Bertz CT molecular complexity index is 647. The van der Waals surface area contributed by atoms with Gasteiger partial charge in [-0.25, -0.2) is 22.3 Å². The summed E-state index contributed by atoms with van der Waals surface area (Å²) in [5, 5.41) is 8.80. The van der Waals surface area contributed by atoms with E-state index in [9.17, 15) is 17.6 Å². The molecule has 1 aromatic carbocycles. The summed E-state index contributed by atoms with van der Waals surface area (Å²) in [7, 11) is -4.23. The first-order valence-electron chi connectivity index (χ1n) is 4.70. The number of halogens is 3. The van der Waals surface area contributed by atoms with Gasteiger partial charge in [-0.2, -0.15) is 0 Å². The van der Waals surface area contributed by atoms with E-state index in [0.717, 1.165) is 12.1 Å². The second kappa shape index (κ2) is 6.00. The largest absolute Gasteiger partial charge is 0.478 e. The van der Waals surface area contributed by atoms with Gasteiger partial charge < -0.3 is 5.11 Å². The lowest BCUT2D eigenvalue weighted by Gasteiger charge is -2.09. The highest BCUT2D eigenvalue weighted by Crippen LogP contribution is 2.24. The molecule has 0 saturated carbocycles. The van der Waals surface area contributed by atoms with Gasteiger partial charge in [-0.3, -0.25) is 0 Å². The zero-order valence-electron chi connectivity index (χ0n) is 9.28. The first kappa shape index (κ1) is 16.1. The molecule has 0 aromatic heterocycles. The van der Waals surface area contributed by atoms with Crippen LogP contribution in [0.5, 0.6) is 0 Å². The highest BCUT2D eigenvalue weighted by atomic mass is 79.9. The number of carboxylic acid groups (broad SMARTS) is 1. The van der Waals surface area contributed by atoms with Crippen LogP contribution in [0.15, 0.2) is 33.1 Å². The standard InChI is InChI=1S/C10H8BrClFNO4S/c1-5(12)4-14-19(17,18)8-3-6(11)2-7(9(8)13)10(15)16/h2-3,14H,1,4H2,(H,15,16). The van der Waals surface area contributed by atoms with E-state index in [1.807, 2.05) is 4.72 Å². The van der Waals surface area contributed by atoms with E-state index in [1.165, 1.54) is 0 Å². The number of rotatable bonds is 5. The summed E-state index contributed by atoms with van der Waals surface area (Å²) >= 11 is 8.33. The number of aromatic carboxylic acids is 1. The molecule has 9 heteroatoms. The van der Waals surface area contributed by atoms with Crippen LogP contribution in [0, 0.1) is 5.82 Å². The lowest BCUT2D eigenvalue weighted by atomic mass is 10.2. The molecule has 1 rings (SSSR count). The molecule has 0 fully saturated rings. The number of sulfonamides is 1. The van der Waals surface area contributed by atoms with Gasteiger partial charge in [0, 0.05) is 16.0 Å². The predicted octanol–water partition coefficient (Wildman–Crippen LogP) is 2.32. The summed E-state index contributed by atoms with van der Waals surface area (Å²) < 4.78 is 39.6. The van der Waals surface area contributed by atoms with Crippen LogP contribution in [-0.2, 0) is 10.0 Å². The molecule has 19 heavy (non-hydrogen) atoms. The van der Waals surface area contributed by atoms with Crippen molar-refractivity contribution in [2.45, 2.75) is 4.90 Å². The van der Waals surface area contributed by atoms with Crippen LogP contribution < -0.4 is 4.72 Å². The van der Waals surface area contributed by atoms with Gasteiger partial charge in [-0.1, -0.05) is 34.1 Å². The molecule has 1 aromatic rings. The molecule has 104 valence electrons. The first-order chi connectivity index (χ1) is 8.65. The van der Waals surface area contributed by atoms with E-state index < -0.39 is 32.3 Å². The summed E-state index contributed by atoms with van der Waals surface area (Å²) in [5.74, 6) is -2.92. The van der Waals surface area contributed by atoms with E-state index in [4.69, 9.17) is 16.7 Å². The minimum atomic E-state index is -4.23. The fourth-order valence-corrected chi connectivity index (χ4v) is 3.07. The Balaban J connectivity index is 3.34. The molecule has 0 atom stereocenters. The summed E-state index contributed by atoms with van der Waals surface area (Å²) in [5.41, 5.74) is -0.751. The van der Waals surface area contributed by atoms with Crippen molar-refractivity contribution >= 4 is 43.5 Å². The summed E-state index contributed by atoms with van der Waals surface area (Å²) in [6.07, 6.45) is 0. The average Bonchev–Trinajstić information content (AvgIpc) is 2.28. The lowest BCUT2D eigenvalue weighted by molar-refractivity contribution is 0.0691. The number of carboxylic acids is 1. The zero-order valence-corrected chi connectivity index (χ0v) is 12.4. The number of benzene rings is 1. The second-order valence-electron chi connectivity index (χ2n) is 3.41. The van der Waals surface area contributed by atoms with Crippen LogP contribution in [-0.4, -0.2) is 26.0 Å². The van der Waals surface area contributed by atoms with E-state index in [2.05, 4.69) is 22.5 Å². The third-order valence-electron chi connectivity index (χ3n) is 1.98. The van der Waals surface area contributed by atoms with Gasteiger partial charge in [0.05, 0.1) is 5.56 Å². The number of nitrogens with one attached hydrogen (secondary N) is 1. The van der Waals surface area contributed by atoms with Gasteiger partial charge >= 0.3 is 5.97 Å². The Morgan fingerprint density at radius 2 is 2.11 bits per heavy atom. The van der Waals surface area contributed by atoms with Gasteiger partial charge in [-0.15, -0.1) is 0 Å². The topological polar surface area (TPSA) is 83.5 Å². The number of carbonyl (C=O) groups is 1. The summed E-state index contributed by atoms with van der Waals surface area (Å²) in [6, 6.07) is 1.93. The van der Waals surface area contributed by atoms with E-state index in [-0.39, 0.29) is 16.0 Å². The third kappa shape index (κ3) is 4.00. The van der Waals surface area contributed by atoms with Crippen molar-refractivity contribution in [1.29, 1.82) is 0 Å². The van der Waals surface area contributed by atoms with Crippen molar-refractivity contribution in [3.8, 4) is 0 Å². The normalized spacial score (nSPS) is 11.3. The molecule has 0 aliphatic carbocycles. The second-order valence-corrected chi connectivity index (χ2v) is 6.60. The number of hydrogen-bond donors (Lipinski definition) is 2. The molecule has 5 nitrogen and oxygen atoms in total. The van der Waals surface area contributed by atoms with Crippen molar-refractivity contribution in [2.24, 2.45) is 0 Å². The number of hydrogen-bond acceptors (Lipinski definition) is 3. The zero-order chi connectivity index (χ0) is 14.8. The Morgan fingerprint density at radius 1 is 1.53 bits per heavy atom. The van der Waals surface area contributed by atoms with Crippen molar-refractivity contribution in [2.75, 3.05) is 6.54 Å². The molecule has 0 aliphatic rings. The first-order valence-corrected chi connectivity index (χ1v) is 7.36. The van der Waals surface area contributed by atoms with Crippen LogP contribution >= 0.6 is 27.5 Å². The van der Waals surface area contributed by atoms with Crippen molar-refractivity contribution in [3.63, 3.8) is 0 Å².